The number of amides is 2. The zero-order valence-corrected chi connectivity index (χ0v) is 15.4. The summed E-state index contributed by atoms with van der Waals surface area (Å²) < 4.78 is 10.5. The zero-order valence-electron chi connectivity index (χ0n) is 15.4. The van der Waals surface area contributed by atoms with Gasteiger partial charge in [0.05, 0.1) is 0 Å². The van der Waals surface area contributed by atoms with Gasteiger partial charge >= 0.3 is 5.97 Å². The molecule has 2 N–H and O–H groups in total. The molecule has 0 aliphatic rings. The van der Waals surface area contributed by atoms with Gasteiger partial charge in [-0.05, 0) is 49.7 Å². The van der Waals surface area contributed by atoms with Crippen molar-refractivity contribution in [3.63, 3.8) is 0 Å². The molecule has 0 saturated heterocycles. The second-order valence-corrected chi connectivity index (χ2v) is 5.89. The number of anilines is 1. The van der Waals surface area contributed by atoms with E-state index >= 15 is 0 Å². The van der Waals surface area contributed by atoms with Crippen molar-refractivity contribution in [3.8, 4) is 5.75 Å². The predicted octanol–water partition coefficient (Wildman–Crippen LogP) is 2.30. The quantitative estimate of drug-likeness (QED) is 0.730. The molecule has 27 heavy (non-hydrogen) atoms. The first kappa shape index (κ1) is 20.0. The van der Waals surface area contributed by atoms with E-state index in [1.807, 2.05) is 19.1 Å². The van der Waals surface area contributed by atoms with Crippen LogP contribution in [0.1, 0.15) is 22.8 Å². The number of aryl methyl sites for hydroxylation is 1. The first-order chi connectivity index (χ1) is 12.9. The van der Waals surface area contributed by atoms with Crippen molar-refractivity contribution < 1.29 is 23.9 Å². The van der Waals surface area contributed by atoms with Crippen LogP contribution < -0.4 is 15.4 Å². The third-order valence-electron chi connectivity index (χ3n) is 3.62. The molecule has 0 saturated carbocycles. The molecule has 0 aliphatic carbocycles. The standard InChI is InChI=1S/C20H22N2O5/c1-13-6-4-9-17(10-13)27-14(2)20(25)26-12-18(23)22-16-8-5-7-15(11-16)19(24)21-3/h4-11,14H,12H2,1-3H3,(H,21,24)(H,22,23)/t14-/m0/s1. The fourth-order valence-corrected chi connectivity index (χ4v) is 2.27. The molecular formula is C20H22N2O5. The largest absolute Gasteiger partial charge is 0.479 e. The first-order valence-electron chi connectivity index (χ1n) is 8.41. The van der Waals surface area contributed by atoms with Gasteiger partial charge in [0.25, 0.3) is 11.8 Å². The summed E-state index contributed by atoms with van der Waals surface area (Å²) in [6, 6.07) is 13.7. The van der Waals surface area contributed by atoms with E-state index in [1.165, 1.54) is 13.1 Å². The van der Waals surface area contributed by atoms with E-state index in [-0.39, 0.29) is 5.91 Å². The van der Waals surface area contributed by atoms with Crippen molar-refractivity contribution in [2.45, 2.75) is 20.0 Å². The third-order valence-corrected chi connectivity index (χ3v) is 3.62. The van der Waals surface area contributed by atoms with Gasteiger partial charge in [0, 0.05) is 18.3 Å². The molecule has 0 radical (unpaired) electrons. The molecule has 0 heterocycles. The molecule has 0 spiro atoms. The highest BCUT2D eigenvalue weighted by molar-refractivity contribution is 5.97. The fraction of sp³-hybridized carbons (Fsp3) is 0.250. The summed E-state index contributed by atoms with van der Waals surface area (Å²) in [5.41, 5.74) is 1.85. The minimum Gasteiger partial charge on any atom is -0.479 e. The molecule has 2 amide bonds. The summed E-state index contributed by atoms with van der Waals surface area (Å²) in [6.45, 7) is 3.01. The van der Waals surface area contributed by atoms with Gasteiger partial charge in [-0.15, -0.1) is 0 Å². The van der Waals surface area contributed by atoms with Crippen molar-refractivity contribution in [2.24, 2.45) is 0 Å². The maximum absolute atomic E-state index is 12.0. The van der Waals surface area contributed by atoms with Crippen LogP contribution in [-0.4, -0.2) is 37.5 Å². The molecule has 0 aromatic heterocycles. The topological polar surface area (TPSA) is 93.7 Å². The maximum Gasteiger partial charge on any atom is 0.347 e. The number of benzene rings is 2. The molecule has 2 aromatic carbocycles. The van der Waals surface area contributed by atoms with E-state index < -0.39 is 24.6 Å². The molecule has 7 nitrogen and oxygen atoms in total. The van der Waals surface area contributed by atoms with Gasteiger partial charge in [0.15, 0.2) is 12.7 Å². The zero-order chi connectivity index (χ0) is 19.8. The molecule has 0 unspecified atom stereocenters. The molecule has 0 bridgehead atoms. The lowest BCUT2D eigenvalue weighted by molar-refractivity contribution is -0.153. The molecule has 1 atom stereocenters. The minimum atomic E-state index is -0.851. The normalized spacial score (nSPS) is 11.2. The van der Waals surface area contributed by atoms with Crippen molar-refractivity contribution >= 4 is 23.5 Å². The predicted molar refractivity (Wildman–Crippen MR) is 101 cm³/mol. The van der Waals surface area contributed by atoms with Crippen LogP contribution in [0.3, 0.4) is 0 Å². The summed E-state index contributed by atoms with van der Waals surface area (Å²) in [5, 5.41) is 5.08. The number of carbonyl (C=O) groups excluding carboxylic acids is 3. The van der Waals surface area contributed by atoms with E-state index in [4.69, 9.17) is 9.47 Å². The Labute approximate surface area is 157 Å². The van der Waals surface area contributed by atoms with Crippen LogP contribution in [-0.2, 0) is 14.3 Å². The number of carbonyl (C=O) groups is 3. The Balaban J connectivity index is 1.84. The van der Waals surface area contributed by atoms with E-state index in [0.29, 0.717) is 17.0 Å². The van der Waals surface area contributed by atoms with Gasteiger partial charge in [-0.1, -0.05) is 18.2 Å². The number of esters is 1. The van der Waals surface area contributed by atoms with Crippen molar-refractivity contribution in [1.82, 2.24) is 5.32 Å². The molecule has 2 rings (SSSR count). The molecule has 2 aromatic rings. The molecule has 7 heteroatoms. The lowest BCUT2D eigenvalue weighted by atomic mass is 10.2. The summed E-state index contributed by atoms with van der Waals surface area (Å²) >= 11 is 0. The van der Waals surface area contributed by atoms with Gasteiger partial charge in [0.1, 0.15) is 5.75 Å². The van der Waals surface area contributed by atoms with E-state index in [2.05, 4.69) is 10.6 Å². The van der Waals surface area contributed by atoms with Crippen LogP contribution in [0.5, 0.6) is 5.75 Å². The molecule has 0 fully saturated rings. The number of hydrogen-bond acceptors (Lipinski definition) is 5. The van der Waals surface area contributed by atoms with Crippen LogP contribution in [0.25, 0.3) is 0 Å². The van der Waals surface area contributed by atoms with Crippen LogP contribution in [0.4, 0.5) is 5.69 Å². The minimum absolute atomic E-state index is 0.264. The molecular weight excluding hydrogens is 348 g/mol. The lowest BCUT2D eigenvalue weighted by Crippen LogP contribution is -2.29. The summed E-state index contributed by atoms with van der Waals surface area (Å²) in [4.78, 5) is 35.6. The van der Waals surface area contributed by atoms with Gasteiger partial charge in [-0.2, -0.15) is 0 Å². The number of ether oxygens (including phenoxy) is 2. The number of rotatable bonds is 7. The molecule has 142 valence electrons. The van der Waals surface area contributed by atoms with Crippen molar-refractivity contribution in [3.05, 3.63) is 59.7 Å². The first-order valence-corrected chi connectivity index (χ1v) is 8.41. The number of nitrogens with one attached hydrogen (secondary N) is 2. The SMILES string of the molecule is CNC(=O)c1cccc(NC(=O)COC(=O)[C@H](C)Oc2cccc(C)c2)c1. The van der Waals surface area contributed by atoms with E-state index in [0.717, 1.165) is 5.56 Å². The van der Waals surface area contributed by atoms with Crippen LogP contribution >= 0.6 is 0 Å². The second kappa shape index (κ2) is 9.38. The van der Waals surface area contributed by atoms with Crippen LogP contribution in [0.15, 0.2) is 48.5 Å². The fourth-order valence-electron chi connectivity index (χ4n) is 2.27. The average molecular weight is 370 g/mol. The monoisotopic (exact) mass is 370 g/mol. The Morgan fingerprint density at radius 2 is 1.81 bits per heavy atom. The highest BCUT2D eigenvalue weighted by atomic mass is 16.6. The average Bonchev–Trinajstić information content (AvgIpc) is 2.65. The van der Waals surface area contributed by atoms with Gasteiger partial charge < -0.3 is 20.1 Å². The van der Waals surface area contributed by atoms with Crippen LogP contribution in [0.2, 0.25) is 0 Å². The van der Waals surface area contributed by atoms with Crippen molar-refractivity contribution in [2.75, 3.05) is 19.0 Å². The Hall–Kier alpha value is -3.35. The van der Waals surface area contributed by atoms with Crippen LogP contribution in [0, 0.1) is 6.92 Å². The third kappa shape index (κ3) is 6.14. The van der Waals surface area contributed by atoms with E-state index in [9.17, 15) is 14.4 Å². The Bertz CT molecular complexity index is 835. The second-order valence-electron chi connectivity index (χ2n) is 5.89. The summed E-state index contributed by atoms with van der Waals surface area (Å²) in [5.74, 6) is -0.875. The summed E-state index contributed by atoms with van der Waals surface area (Å²) in [7, 11) is 1.52. The Morgan fingerprint density at radius 3 is 2.52 bits per heavy atom. The highest BCUT2D eigenvalue weighted by Crippen LogP contribution is 2.15. The number of hydrogen-bond donors (Lipinski definition) is 2. The lowest BCUT2D eigenvalue weighted by Gasteiger charge is -2.14. The Kier molecular flexibility index (Phi) is 6.93. The maximum atomic E-state index is 12.0. The highest BCUT2D eigenvalue weighted by Gasteiger charge is 2.18. The van der Waals surface area contributed by atoms with Gasteiger partial charge in [-0.3, -0.25) is 9.59 Å². The summed E-state index contributed by atoms with van der Waals surface area (Å²) in [6.07, 6.45) is -0.851. The van der Waals surface area contributed by atoms with Gasteiger partial charge in [-0.25, -0.2) is 4.79 Å². The van der Waals surface area contributed by atoms with Gasteiger partial charge in [0.2, 0.25) is 0 Å². The Morgan fingerprint density at radius 1 is 1.07 bits per heavy atom. The molecule has 0 aliphatic heterocycles. The van der Waals surface area contributed by atoms with Crippen molar-refractivity contribution in [1.29, 1.82) is 0 Å². The smallest absolute Gasteiger partial charge is 0.347 e. The van der Waals surface area contributed by atoms with E-state index in [1.54, 1.807) is 37.3 Å².